The summed E-state index contributed by atoms with van der Waals surface area (Å²) in [5.74, 6) is -0.0619. The molecule has 57 valence electrons. The van der Waals surface area contributed by atoms with Crippen LogP contribution in [0.1, 0.15) is 17.3 Å². The molecule has 0 aliphatic rings. The van der Waals surface area contributed by atoms with Gasteiger partial charge in [0.15, 0.2) is 0 Å². The average molecular weight is 148 g/mol. The van der Waals surface area contributed by atoms with Gasteiger partial charge in [-0.15, -0.1) is 0 Å². The molecule has 0 saturated heterocycles. The summed E-state index contributed by atoms with van der Waals surface area (Å²) in [6.07, 6.45) is 0. The summed E-state index contributed by atoms with van der Waals surface area (Å²) in [5, 5.41) is 2.69. The van der Waals surface area contributed by atoms with E-state index < -0.39 is 0 Å². The van der Waals surface area contributed by atoms with E-state index in [0.717, 1.165) is 0 Å². The van der Waals surface area contributed by atoms with E-state index in [4.69, 9.17) is 0 Å². The van der Waals surface area contributed by atoms with Crippen molar-refractivity contribution in [2.75, 3.05) is 6.54 Å². The molecule has 1 aromatic carbocycles. The molecular weight excluding hydrogens is 138 g/mol. The summed E-state index contributed by atoms with van der Waals surface area (Å²) in [5.41, 5.74) is 0.592. The lowest BCUT2D eigenvalue weighted by atomic mass is 10.2. The lowest BCUT2D eigenvalue weighted by molar-refractivity contribution is 0.0955. The molecule has 1 rings (SSSR count). The third kappa shape index (κ3) is 2.08. The third-order valence-electron chi connectivity index (χ3n) is 1.29. The monoisotopic (exact) mass is 148 g/mol. The minimum absolute atomic E-state index is 0.0619. The van der Waals surface area contributed by atoms with Gasteiger partial charge in [0.1, 0.15) is 0 Å². The second kappa shape index (κ2) is 3.76. The van der Waals surface area contributed by atoms with E-state index in [1.165, 1.54) is 0 Å². The molecule has 0 spiro atoms. The molecule has 0 fully saturated rings. The van der Waals surface area contributed by atoms with Crippen molar-refractivity contribution >= 4 is 5.91 Å². The van der Waals surface area contributed by atoms with Gasteiger partial charge in [-0.2, -0.15) is 0 Å². The topological polar surface area (TPSA) is 29.1 Å². The SMILES string of the molecule is CCNC(=O)c1[c]cccc1. The summed E-state index contributed by atoms with van der Waals surface area (Å²) < 4.78 is 0. The van der Waals surface area contributed by atoms with Crippen LogP contribution in [0.4, 0.5) is 0 Å². The fraction of sp³-hybridized carbons (Fsp3) is 0.222. The minimum Gasteiger partial charge on any atom is -0.352 e. The van der Waals surface area contributed by atoms with Gasteiger partial charge in [0.2, 0.25) is 0 Å². The maximum absolute atomic E-state index is 11.1. The predicted octanol–water partition coefficient (Wildman–Crippen LogP) is 1.24. The van der Waals surface area contributed by atoms with Gasteiger partial charge in [-0.3, -0.25) is 4.79 Å². The van der Waals surface area contributed by atoms with E-state index in [0.29, 0.717) is 12.1 Å². The van der Waals surface area contributed by atoms with Gasteiger partial charge in [0.05, 0.1) is 0 Å². The van der Waals surface area contributed by atoms with Crippen LogP contribution in [0.2, 0.25) is 0 Å². The molecule has 0 atom stereocenters. The summed E-state index contributed by atoms with van der Waals surface area (Å²) in [6.45, 7) is 2.54. The van der Waals surface area contributed by atoms with Crippen LogP contribution in [-0.2, 0) is 0 Å². The largest absolute Gasteiger partial charge is 0.352 e. The van der Waals surface area contributed by atoms with Crippen LogP contribution in [0, 0.1) is 6.07 Å². The van der Waals surface area contributed by atoms with Gasteiger partial charge in [0.25, 0.3) is 5.91 Å². The molecular formula is C9H10NO. The van der Waals surface area contributed by atoms with Crippen LogP contribution in [0.15, 0.2) is 24.3 Å². The first-order chi connectivity index (χ1) is 5.34. The van der Waals surface area contributed by atoms with Gasteiger partial charge in [0, 0.05) is 12.1 Å². The van der Waals surface area contributed by atoms with E-state index in [2.05, 4.69) is 11.4 Å². The number of hydrogen-bond donors (Lipinski definition) is 1. The molecule has 11 heavy (non-hydrogen) atoms. The van der Waals surface area contributed by atoms with E-state index in [1.54, 1.807) is 12.1 Å². The normalized spacial score (nSPS) is 9.18. The van der Waals surface area contributed by atoms with E-state index >= 15 is 0 Å². The first kappa shape index (κ1) is 7.79. The molecule has 0 saturated carbocycles. The summed E-state index contributed by atoms with van der Waals surface area (Å²) in [4.78, 5) is 11.1. The van der Waals surface area contributed by atoms with Crippen LogP contribution in [0.5, 0.6) is 0 Å². The number of carbonyl (C=O) groups is 1. The molecule has 0 bridgehead atoms. The average Bonchev–Trinajstić information content (AvgIpc) is 2.07. The molecule has 2 heteroatoms. The molecule has 0 aliphatic carbocycles. The molecule has 1 amide bonds. The molecule has 0 aromatic heterocycles. The van der Waals surface area contributed by atoms with Crippen molar-refractivity contribution < 1.29 is 4.79 Å². The van der Waals surface area contributed by atoms with Crippen molar-refractivity contribution in [1.29, 1.82) is 0 Å². The molecule has 1 aromatic rings. The molecule has 2 nitrogen and oxygen atoms in total. The first-order valence-corrected chi connectivity index (χ1v) is 3.59. The fourth-order valence-corrected chi connectivity index (χ4v) is 0.790. The van der Waals surface area contributed by atoms with Crippen LogP contribution < -0.4 is 5.32 Å². The zero-order chi connectivity index (χ0) is 8.10. The Kier molecular flexibility index (Phi) is 2.66. The van der Waals surface area contributed by atoms with Crippen molar-refractivity contribution in [1.82, 2.24) is 5.32 Å². The molecule has 0 aliphatic heterocycles. The highest BCUT2D eigenvalue weighted by Crippen LogP contribution is 1.95. The molecule has 0 unspecified atom stereocenters. The molecule has 1 radical (unpaired) electrons. The molecule has 0 heterocycles. The molecule has 1 N–H and O–H groups in total. The Labute approximate surface area is 66.2 Å². The fourth-order valence-electron chi connectivity index (χ4n) is 0.790. The van der Waals surface area contributed by atoms with Crippen LogP contribution >= 0.6 is 0 Å². The van der Waals surface area contributed by atoms with E-state index in [1.807, 2.05) is 19.1 Å². The van der Waals surface area contributed by atoms with Crippen molar-refractivity contribution in [2.45, 2.75) is 6.92 Å². The van der Waals surface area contributed by atoms with Crippen LogP contribution in [-0.4, -0.2) is 12.5 Å². The van der Waals surface area contributed by atoms with Gasteiger partial charge in [-0.25, -0.2) is 0 Å². The number of nitrogens with one attached hydrogen (secondary N) is 1. The summed E-state index contributed by atoms with van der Waals surface area (Å²) >= 11 is 0. The highest BCUT2D eigenvalue weighted by Gasteiger charge is 2.00. The van der Waals surface area contributed by atoms with Gasteiger partial charge in [-0.1, -0.05) is 18.2 Å². The number of hydrogen-bond acceptors (Lipinski definition) is 1. The Balaban J connectivity index is 2.69. The third-order valence-corrected chi connectivity index (χ3v) is 1.29. The van der Waals surface area contributed by atoms with Crippen LogP contribution in [0.25, 0.3) is 0 Å². The highest BCUT2D eigenvalue weighted by molar-refractivity contribution is 5.93. The smallest absolute Gasteiger partial charge is 0.251 e. The standard InChI is InChI=1S/C9H10NO/c1-2-10-9(11)8-6-4-3-5-7-8/h3-6H,2H2,1H3,(H,10,11). The zero-order valence-corrected chi connectivity index (χ0v) is 6.42. The number of carbonyl (C=O) groups excluding carboxylic acids is 1. The lowest BCUT2D eigenvalue weighted by Gasteiger charge is -1.99. The predicted molar refractivity (Wildman–Crippen MR) is 43.3 cm³/mol. The summed E-state index contributed by atoms with van der Waals surface area (Å²) in [7, 11) is 0. The number of benzene rings is 1. The quantitative estimate of drug-likeness (QED) is 0.671. The number of amides is 1. The van der Waals surface area contributed by atoms with Gasteiger partial charge in [-0.05, 0) is 19.1 Å². The first-order valence-electron chi connectivity index (χ1n) is 3.59. The van der Waals surface area contributed by atoms with Crippen LogP contribution in [0.3, 0.4) is 0 Å². The Morgan fingerprint density at radius 3 is 3.00 bits per heavy atom. The Bertz CT molecular complexity index is 231. The van der Waals surface area contributed by atoms with Crippen molar-refractivity contribution in [3.05, 3.63) is 35.9 Å². The van der Waals surface area contributed by atoms with Crippen molar-refractivity contribution in [2.24, 2.45) is 0 Å². The second-order valence-corrected chi connectivity index (χ2v) is 2.14. The second-order valence-electron chi connectivity index (χ2n) is 2.14. The summed E-state index contributed by atoms with van der Waals surface area (Å²) in [6, 6.07) is 9.97. The minimum atomic E-state index is -0.0619. The van der Waals surface area contributed by atoms with Gasteiger partial charge < -0.3 is 5.32 Å². The maximum atomic E-state index is 11.1. The Morgan fingerprint density at radius 1 is 1.64 bits per heavy atom. The van der Waals surface area contributed by atoms with E-state index in [-0.39, 0.29) is 5.91 Å². The highest BCUT2D eigenvalue weighted by atomic mass is 16.1. The van der Waals surface area contributed by atoms with Crippen molar-refractivity contribution in [3.63, 3.8) is 0 Å². The Hall–Kier alpha value is -1.31. The Morgan fingerprint density at radius 2 is 2.45 bits per heavy atom. The zero-order valence-electron chi connectivity index (χ0n) is 6.42. The lowest BCUT2D eigenvalue weighted by Crippen LogP contribution is -2.22. The van der Waals surface area contributed by atoms with Gasteiger partial charge >= 0.3 is 0 Å². The van der Waals surface area contributed by atoms with Crippen molar-refractivity contribution in [3.8, 4) is 0 Å². The number of rotatable bonds is 2. The van der Waals surface area contributed by atoms with E-state index in [9.17, 15) is 4.79 Å². The maximum Gasteiger partial charge on any atom is 0.251 e.